The van der Waals surface area contributed by atoms with Crippen molar-refractivity contribution in [3.05, 3.63) is 34.9 Å². The Morgan fingerprint density at radius 2 is 1.90 bits per heavy atom. The molecule has 1 aliphatic rings. The molecule has 2 amide bonds. The molecule has 0 bridgehead atoms. The summed E-state index contributed by atoms with van der Waals surface area (Å²) < 4.78 is 0. The first-order valence-electron chi connectivity index (χ1n) is 6.95. The average molecular weight is 276 g/mol. The Hall–Kier alpha value is -2.04. The molecular weight excluding hydrogens is 256 g/mol. The van der Waals surface area contributed by atoms with Gasteiger partial charge in [0.2, 0.25) is 0 Å². The number of carboxylic acid groups (broad SMARTS) is 1. The van der Waals surface area contributed by atoms with E-state index in [0.717, 1.165) is 24.0 Å². The second-order valence-corrected chi connectivity index (χ2v) is 5.11. The lowest BCUT2D eigenvalue weighted by molar-refractivity contribution is 0.0696. The molecule has 0 spiro atoms. The summed E-state index contributed by atoms with van der Waals surface area (Å²) in [5, 5.41) is 12.0. The summed E-state index contributed by atoms with van der Waals surface area (Å²) in [5.74, 6) is -0.937. The lowest BCUT2D eigenvalue weighted by Gasteiger charge is -2.21. The van der Waals surface area contributed by atoms with Crippen molar-refractivity contribution >= 4 is 12.0 Å². The number of carbonyl (C=O) groups is 2. The molecule has 0 unspecified atom stereocenters. The maximum Gasteiger partial charge on any atom is 0.335 e. The second kappa shape index (κ2) is 5.94. The number of amides is 2. The number of nitrogens with zero attached hydrogens (tertiary/aromatic N) is 1. The molecule has 1 aromatic carbocycles. The van der Waals surface area contributed by atoms with Crippen LogP contribution in [0.2, 0.25) is 0 Å². The van der Waals surface area contributed by atoms with E-state index in [0.29, 0.717) is 13.1 Å². The van der Waals surface area contributed by atoms with Gasteiger partial charge in [-0.05, 0) is 36.1 Å². The fourth-order valence-electron chi connectivity index (χ4n) is 2.43. The van der Waals surface area contributed by atoms with Crippen LogP contribution in [0.3, 0.4) is 0 Å². The van der Waals surface area contributed by atoms with E-state index in [-0.39, 0.29) is 17.6 Å². The fraction of sp³-hybridized carbons (Fsp3) is 0.467. The van der Waals surface area contributed by atoms with Crippen molar-refractivity contribution in [1.82, 2.24) is 10.2 Å². The number of nitrogens with one attached hydrogen (secondary N) is 1. The van der Waals surface area contributed by atoms with Crippen LogP contribution in [0.5, 0.6) is 0 Å². The van der Waals surface area contributed by atoms with Gasteiger partial charge in [-0.3, -0.25) is 0 Å². The third-order valence-electron chi connectivity index (χ3n) is 3.78. The molecule has 1 heterocycles. The summed E-state index contributed by atoms with van der Waals surface area (Å²) in [7, 11) is 0. The molecule has 20 heavy (non-hydrogen) atoms. The molecule has 1 aromatic rings. The van der Waals surface area contributed by atoms with Gasteiger partial charge in [0.15, 0.2) is 0 Å². The van der Waals surface area contributed by atoms with E-state index in [2.05, 4.69) is 5.32 Å². The maximum absolute atomic E-state index is 12.2. The minimum absolute atomic E-state index is 0.0771. The third-order valence-corrected chi connectivity index (χ3v) is 3.78. The van der Waals surface area contributed by atoms with Crippen LogP contribution in [-0.2, 0) is 13.1 Å². The van der Waals surface area contributed by atoms with E-state index in [9.17, 15) is 9.59 Å². The SMILES string of the molecule is CCC(CC)NC(=O)N1Cc2ccc(C(=O)O)cc2C1. The van der Waals surface area contributed by atoms with Crippen molar-refractivity contribution in [2.24, 2.45) is 0 Å². The number of carbonyl (C=O) groups excluding carboxylic acids is 1. The highest BCUT2D eigenvalue weighted by Gasteiger charge is 2.25. The van der Waals surface area contributed by atoms with Crippen LogP contribution in [0.25, 0.3) is 0 Å². The molecule has 0 aliphatic carbocycles. The van der Waals surface area contributed by atoms with E-state index in [4.69, 9.17) is 5.11 Å². The van der Waals surface area contributed by atoms with Crippen LogP contribution in [0.15, 0.2) is 18.2 Å². The van der Waals surface area contributed by atoms with Crippen molar-refractivity contribution < 1.29 is 14.7 Å². The van der Waals surface area contributed by atoms with E-state index in [1.54, 1.807) is 23.1 Å². The Kier molecular flexibility index (Phi) is 4.27. The number of fused-ring (bicyclic) bond motifs is 1. The standard InChI is InChI=1S/C15H20N2O3/c1-3-13(4-2)16-15(20)17-8-11-6-5-10(14(18)19)7-12(11)9-17/h5-7,13H,3-4,8-9H2,1-2H3,(H,16,20)(H,18,19). The minimum Gasteiger partial charge on any atom is -0.478 e. The van der Waals surface area contributed by atoms with Gasteiger partial charge < -0.3 is 15.3 Å². The zero-order chi connectivity index (χ0) is 14.7. The summed E-state index contributed by atoms with van der Waals surface area (Å²) in [5.41, 5.74) is 2.21. The highest BCUT2D eigenvalue weighted by Crippen LogP contribution is 2.24. The Bertz CT molecular complexity index is 524. The van der Waals surface area contributed by atoms with Crippen LogP contribution in [-0.4, -0.2) is 28.0 Å². The number of carboxylic acids is 1. The molecule has 0 radical (unpaired) electrons. The molecule has 5 nitrogen and oxygen atoms in total. The second-order valence-electron chi connectivity index (χ2n) is 5.11. The van der Waals surface area contributed by atoms with Crippen LogP contribution in [0, 0.1) is 0 Å². The molecule has 1 aliphatic heterocycles. The van der Waals surface area contributed by atoms with Gasteiger partial charge in [0, 0.05) is 19.1 Å². The molecule has 2 N–H and O–H groups in total. The first-order valence-corrected chi connectivity index (χ1v) is 6.95. The van der Waals surface area contributed by atoms with E-state index < -0.39 is 5.97 Å². The number of aromatic carboxylic acids is 1. The summed E-state index contributed by atoms with van der Waals surface area (Å²) in [6.07, 6.45) is 1.82. The van der Waals surface area contributed by atoms with Gasteiger partial charge in [0.25, 0.3) is 0 Å². The number of hydrogen-bond donors (Lipinski definition) is 2. The molecule has 108 valence electrons. The predicted molar refractivity (Wildman–Crippen MR) is 75.6 cm³/mol. The lowest BCUT2D eigenvalue weighted by atomic mass is 10.1. The van der Waals surface area contributed by atoms with Crippen molar-refractivity contribution in [2.45, 2.75) is 45.8 Å². The summed E-state index contributed by atoms with van der Waals surface area (Å²) in [4.78, 5) is 24.8. The van der Waals surface area contributed by atoms with Gasteiger partial charge in [0.05, 0.1) is 5.56 Å². The number of urea groups is 1. The molecule has 0 atom stereocenters. The minimum atomic E-state index is -0.937. The summed E-state index contributed by atoms with van der Waals surface area (Å²) >= 11 is 0. The van der Waals surface area contributed by atoms with Gasteiger partial charge in [-0.1, -0.05) is 19.9 Å². The van der Waals surface area contributed by atoms with E-state index >= 15 is 0 Å². The molecule has 0 aromatic heterocycles. The van der Waals surface area contributed by atoms with Crippen LogP contribution in [0.4, 0.5) is 4.79 Å². The number of hydrogen-bond acceptors (Lipinski definition) is 2. The fourth-order valence-corrected chi connectivity index (χ4v) is 2.43. The predicted octanol–water partition coefficient (Wildman–Crippen LogP) is 2.60. The largest absolute Gasteiger partial charge is 0.478 e. The highest BCUT2D eigenvalue weighted by molar-refractivity contribution is 5.88. The third kappa shape index (κ3) is 2.92. The molecular formula is C15H20N2O3. The van der Waals surface area contributed by atoms with Gasteiger partial charge in [-0.15, -0.1) is 0 Å². The zero-order valence-electron chi connectivity index (χ0n) is 11.8. The average Bonchev–Trinajstić information content (AvgIpc) is 2.87. The quantitative estimate of drug-likeness (QED) is 0.888. The Labute approximate surface area is 118 Å². The Morgan fingerprint density at radius 3 is 2.50 bits per heavy atom. The molecule has 0 fully saturated rings. The number of rotatable bonds is 4. The number of benzene rings is 1. The smallest absolute Gasteiger partial charge is 0.335 e. The lowest BCUT2D eigenvalue weighted by Crippen LogP contribution is -2.42. The molecule has 0 saturated carbocycles. The molecule has 5 heteroatoms. The highest BCUT2D eigenvalue weighted by atomic mass is 16.4. The van der Waals surface area contributed by atoms with Crippen LogP contribution < -0.4 is 5.32 Å². The van der Waals surface area contributed by atoms with Crippen LogP contribution in [0.1, 0.15) is 48.2 Å². The maximum atomic E-state index is 12.2. The normalized spacial score (nSPS) is 13.4. The molecule has 2 rings (SSSR count). The topological polar surface area (TPSA) is 69.6 Å². The van der Waals surface area contributed by atoms with Crippen molar-refractivity contribution in [3.8, 4) is 0 Å². The van der Waals surface area contributed by atoms with Crippen molar-refractivity contribution in [3.63, 3.8) is 0 Å². The summed E-state index contributed by atoms with van der Waals surface area (Å²) in [6, 6.07) is 5.15. The van der Waals surface area contributed by atoms with Gasteiger partial charge in [-0.25, -0.2) is 9.59 Å². The van der Waals surface area contributed by atoms with Gasteiger partial charge in [0.1, 0.15) is 0 Å². The molecule has 0 saturated heterocycles. The van der Waals surface area contributed by atoms with Crippen LogP contribution >= 0.6 is 0 Å². The monoisotopic (exact) mass is 276 g/mol. The zero-order valence-corrected chi connectivity index (χ0v) is 11.8. The van der Waals surface area contributed by atoms with E-state index in [1.807, 2.05) is 13.8 Å². The Balaban J connectivity index is 2.05. The van der Waals surface area contributed by atoms with E-state index in [1.165, 1.54) is 0 Å². The van der Waals surface area contributed by atoms with Gasteiger partial charge in [-0.2, -0.15) is 0 Å². The van der Waals surface area contributed by atoms with Crippen molar-refractivity contribution in [1.29, 1.82) is 0 Å². The van der Waals surface area contributed by atoms with Crippen molar-refractivity contribution in [2.75, 3.05) is 0 Å². The first-order chi connectivity index (χ1) is 9.55. The Morgan fingerprint density at radius 1 is 1.25 bits per heavy atom. The van der Waals surface area contributed by atoms with Gasteiger partial charge >= 0.3 is 12.0 Å². The first kappa shape index (κ1) is 14.4. The summed E-state index contributed by atoms with van der Waals surface area (Å²) in [6.45, 7) is 5.11.